The van der Waals surface area contributed by atoms with E-state index >= 15 is 0 Å². The van der Waals surface area contributed by atoms with Crippen molar-refractivity contribution in [1.29, 1.82) is 0 Å². The smallest absolute Gasteiger partial charge is 0.310 e. The molecule has 0 radical (unpaired) electrons. The van der Waals surface area contributed by atoms with Gasteiger partial charge in [0.25, 0.3) is 0 Å². The Kier molecular flexibility index (Phi) is 5.95. The first-order valence-electron chi connectivity index (χ1n) is 9.95. The molecule has 2 aromatic rings. The molecule has 3 rings (SSSR count). The summed E-state index contributed by atoms with van der Waals surface area (Å²) in [6.45, 7) is 2.97. The molecule has 0 aliphatic carbocycles. The van der Waals surface area contributed by atoms with Crippen molar-refractivity contribution in [3.05, 3.63) is 70.9 Å². The molecule has 2 heterocycles. The van der Waals surface area contributed by atoms with Gasteiger partial charge in [0.1, 0.15) is 10.5 Å². The Hall–Kier alpha value is -2.51. The molecule has 0 bridgehead atoms. The van der Waals surface area contributed by atoms with Crippen LogP contribution >= 0.6 is 10.2 Å². The molecule has 34 heavy (non-hydrogen) atoms. The molecule has 1 aromatic carbocycles. The van der Waals surface area contributed by atoms with E-state index in [-0.39, 0.29) is 30.0 Å². The van der Waals surface area contributed by atoms with Crippen molar-refractivity contribution in [1.82, 2.24) is 9.88 Å². The number of carbonyl (C=O) groups is 1. The van der Waals surface area contributed by atoms with E-state index in [1.54, 1.807) is 12.1 Å². The van der Waals surface area contributed by atoms with Crippen LogP contribution in [-0.2, 0) is 33.2 Å². The minimum absolute atomic E-state index is 0.0531. The Morgan fingerprint density at radius 1 is 1.12 bits per heavy atom. The van der Waals surface area contributed by atoms with Gasteiger partial charge < -0.3 is 10.0 Å². The van der Waals surface area contributed by atoms with Crippen LogP contribution < -0.4 is 0 Å². The van der Waals surface area contributed by atoms with Crippen LogP contribution in [-0.4, -0.2) is 41.1 Å². The first-order chi connectivity index (χ1) is 15.2. The summed E-state index contributed by atoms with van der Waals surface area (Å²) in [5, 5.41) is 11.2. The van der Waals surface area contributed by atoms with E-state index in [2.05, 4.69) is 4.98 Å². The molecule has 1 atom stereocenters. The van der Waals surface area contributed by atoms with Gasteiger partial charge in [-0.2, -0.15) is 0 Å². The van der Waals surface area contributed by atoms with Gasteiger partial charge in [-0.25, -0.2) is 8.42 Å². The largest absolute Gasteiger partial charge is 0.384 e. The minimum atomic E-state index is -9.84. The summed E-state index contributed by atoms with van der Waals surface area (Å²) in [7, 11) is -13.4. The maximum atomic E-state index is 13.1. The third kappa shape index (κ3) is 6.54. The maximum absolute atomic E-state index is 13.1. The van der Waals surface area contributed by atoms with Crippen LogP contribution in [0.2, 0.25) is 0 Å². The van der Waals surface area contributed by atoms with Gasteiger partial charge in [0.05, 0.1) is 23.9 Å². The van der Waals surface area contributed by atoms with Gasteiger partial charge in [-0.3, -0.25) is 9.78 Å². The van der Waals surface area contributed by atoms with E-state index in [0.717, 1.165) is 17.5 Å². The van der Waals surface area contributed by atoms with Gasteiger partial charge in [0, 0.05) is 18.1 Å². The van der Waals surface area contributed by atoms with E-state index in [1.165, 1.54) is 31.0 Å². The van der Waals surface area contributed by atoms with E-state index in [0.29, 0.717) is 11.3 Å². The van der Waals surface area contributed by atoms with Crippen molar-refractivity contribution in [2.45, 2.75) is 43.4 Å². The number of hydrogen-bond acceptors (Lipinski definition) is 5. The van der Waals surface area contributed by atoms with E-state index in [4.69, 9.17) is 0 Å². The number of rotatable bonds is 7. The molecule has 1 aromatic heterocycles. The number of aromatic nitrogens is 1. The predicted molar refractivity (Wildman–Crippen MR) is 118 cm³/mol. The van der Waals surface area contributed by atoms with Crippen molar-refractivity contribution in [3.63, 3.8) is 0 Å². The average Bonchev–Trinajstić information content (AvgIpc) is 3.03. The molecule has 1 aliphatic rings. The standard InChI is InChI=1S/C21H23F5N2O4S2/c1-21(2,30)19-11-16(7-9-27-19)13-28(17-8-10-33(31,32)14-17)20(29)12-15-3-5-18(6-4-15)34(22,23,24,25)26/h3-11,17,30H,12-14H2,1-2H3/t17-/m0/s1. The lowest BCUT2D eigenvalue weighted by molar-refractivity contribution is -0.132. The van der Waals surface area contributed by atoms with Crippen LogP contribution in [0.15, 0.2) is 59.0 Å². The van der Waals surface area contributed by atoms with E-state index in [1.807, 2.05) is 0 Å². The first kappa shape index (κ1) is 26.1. The number of halogens is 5. The fourth-order valence-corrected chi connectivity index (χ4v) is 5.34. The van der Waals surface area contributed by atoms with E-state index in [9.17, 15) is 37.7 Å². The second-order valence-corrected chi connectivity index (χ2v) is 13.0. The fourth-order valence-electron chi connectivity index (χ4n) is 3.39. The van der Waals surface area contributed by atoms with Gasteiger partial charge in [0.15, 0.2) is 9.84 Å². The molecular formula is C21H23F5N2O4S2. The van der Waals surface area contributed by atoms with Crippen molar-refractivity contribution in [3.8, 4) is 0 Å². The summed E-state index contributed by atoms with van der Waals surface area (Å²) < 4.78 is 88.5. The molecule has 0 unspecified atom stereocenters. The van der Waals surface area contributed by atoms with Crippen LogP contribution in [0.4, 0.5) is 19.4 Å². The van der Waals surface area contributed by atoms with Crippen LogP contribution in [0.25, 0.3) is 0 Å². The number of aliphatic hydroxyl groups is 1. The highest BCUT2D eigenvalue weighted by molar-refractivity contribution is 8.45. The number of nitrogens with zero attached hydrogens (tertiary/aromatic N) is 2. The molecule has 0 fully saturated rings. The molecule has 1 aliphatic heterocycles. The third-order valence-corrected chi connectivity index (χ3v) is 7.70. The quantitative estimate of drug-likeness (QED) is 0.522. The lowest BCUT2D eigenvalue weighted by atomic mass is 10.0. The summed E-state index contributed by atoms with van der Waals surface area (Å²) in [5.74, 6) is -0.987. The second kappa shape index (κ2) is 7.75. The van der Waals surface area contributed by atoms with Gasteiger partial charge in [-0.15, -0.1) is 0 Å². The highest BCUT2D eigenvalue weighted by Gasteiger charge is 2.65. The Bertz CT molecular complexity index is 1240. The molecule has 0 spiro atoms. The zero-order valence-corrected chi connectivity index (χ0v) is 19.8. The summed E-state index contributed by atoms with van der Waals surface area (Å²) in [6, 6.07) is 4.34. The summed E-state index contributed by atoms with van der Waals surface area (Å²) in [5.41, 5.74) is -0.364. The Balaban J connectivity index is 1.87. The summed E-state index contributed by atoms with van der Waals surface area (Å²) in [4.78, 5) is 16.3. The number of benzene rings is 1. The van der Waals surface area contributed by atoms with Gasteiger partial charge in [-0.05, 0) is 55.3 Å². The van der Waals surface area contributed by atoms with Gasteiger partial charge >= 0.3 is 10.2 Å². The molecule has 1 N–H and O–H groups in total. The van der Waals surface area contributed by atoms with Gasteiger partial charge in [-0.1, -0.05) is 31.6 Å². The van der Waals surface area contributed by atoms with Crippen LogP contribution in [0.5, 0.6) is 0 Å². The van der Waals surface area contributed by atoms with Crippen LogP contribution in [0.1, 0.15) is 30.7 Å². The predicted octanol–water partition coefficient (Wildman–Crippen LogP) is 4.85. The third-order valence-electron chi connectivity index (χ3n) is 5.16. The van der Waals surface area contributed by atoms with Crippen LogP contribution in [0, 0.1) is 0 Å². The highest BCUT2D eigenvalue weighted by Crippen LogP contribution is 3.02. The Morgan fingerprint density at radius 2 is 1.74 bits per heavy atom. The normalized spacial score (nSPS) is 19.9. The number of hydrogen-bond donors (Lipinski definition) is 1. The SMILES string of the molecule is CC(C)(O)c1cc(CN(C(=O)Cc2ccc(S(F)(F)(F)(F)F)cc2)[C@H]2C=CS(=O)(=O)C2)ccn1. The zero-order valence-electron chi connectivity index (χ0n) is 18.2. The van der Waals surface area contributed by atoms with E-state index < -0.39 is 48.9 Å². The minimum Gasteiger partial charge on any atom is -0.384 e. The second-order valence-electron chi connectivity index (χ2n) is 8.65. The number of sulfone groups is 1. The molecule has 0 saturated carbocycles. The molecule has 188 valence electrons. The summed E-state index contributed by atoms with van der Waals surface area (Å²) >= 11 is 0. The Labute approximate surface area is 193 Å². The number of amides is 1. The highest BCUT2D eigenvalue weighted by atomic mass is 32.5. The van der Waals surface area contributed by atoms with Crippen molar-refractivity contribution >= 4 is 26.0 Å². The molecular weight excluding hydrogens is 503 g/mol. The summed E-state index contributed by atoms with van der Waals surface area (Å²) in [6.07, 6.45) is 2.32. The lowest BCUT2D eigenvalue weighted by Gasteiger charge is -2.40. The topological polar surface area (TPSA) is 87.6 Å². The molecule has 6 nitrogen and oxygen atoms in total. The van der Waals surface area contributed by atoms with Crippen LogP contribution in [0.3, 0.4) is 0 Å². The molecule has 13 heteroatoms. The average molecular weight is 527 g/mol. The van der Waals surface area contributed by atoms with Gasteiger partial charge in [0.2, 0.25) is 5.91 Å². The molecule has 1 amide bonds. The first-order valence-corrected chi connectivity index (χ1v) is 13.6. The van der Waals surface area contributed by atoms with Crippen molar-refractivity contribution < 1.29 is 37.7 Å². The van der Waals surface area contributed by atoms with Crippen molar-refractivity contribution in [2.75, 3.05) is 5.75 Å². The monoisotopic (exact) mass is 526 g/mol. The number of pyridine rings is 1. The van der Waals surface area contributed by atoms with Crippen molar-refractivity contribution in [2.24, 2.45) is 0 Å². The fraction of sp³-hybridized carbons (Fsp3) is 0.333. The lowest BCUT2D eigenvalue weighted by Crippen LogP contribution is -2.41. The number of carbonyl (C=O) groups excluding carboxylic acids is 1. The Morgan fingerprint density at radius 3 is 2.24 bits per heavy atom. The zero-order chi connectivity index (χ0) is 25.6. The molecule has 0 saturated heterocycles. The maximum Gasteiger partial charge on any atom is 0.310 e.